The van der Waals surface area contributed by atoms with Crippen molar-refractivity contribution in [3.8, 4) is 5.75 Å². The van der Waals surface area contributed by atoms with Gasteiger partial charge in [0, 0.05) is 0 Å². The fourth-order valence-electron chi connectivity index (χ4n) is 1.85. The van der Waals surface area contributed by atoms with Gasteiger partial charge < -0.3 is 5.11 Å². The highest BCUT2D eigenvalue weighted by Gasteiger charge is 2.09. The second-order valence-electron chi connectivity index (χ2n) is 5.12. The summed E-state index contributed by atoms with van der Waals surface area (Å²) in [5.74, 6) is 1.69. The largest absolute Gasteiger partial charge is 0.507 e. The molecular formula is C14H22O. The van der Waals surface area contributed by atoms with Gasteiger partial charge in [0.25, 0.3) is 0 Å². The molecule has 1 N–H and O–H groups in total. The van der Waals surface area contributed by atoms with Gasteiger partial charge in [-0.25, -0.2) is 0 Å². The summed E-state index contributed by atoms with van der Waals surface area (Å²) < 4.78 is 0. The average Bonchev–Trinajstić information content (AvgIpc) is 2.10. The minimum absolute atomic E-state index is 0.514. The van der Waals surface area contributed by atoms with Gasteiger partial charge in [0.05, 0.1) is 0 Å². The number of phenolic OH excluding ortho intramolecular Hbond substituents is 1. The van der Waals surface area contributed by atoms with Crippen LogP contribution in [0.15, 0.2) is 18.2 Å². The number of aromatic hydroxyl groups is 1. The molecule has 0 amide bonds. The van der Waals surface area contributed by atoms with E-state index in [1.807, 2.05) is 12.1 Å². The van der Waals surface area contributed by atoms with Crippen LogP contribution in [0.25, 0.3) is 0 Å². The number of rotatable bonds is 4. The van der Waals surface area contributed by atoms with Gasteiger partial charge in [0.2, 0.25) is 0 Å². The summed E-state index contributed by atoms with van der Waals surface area (Å²) in [6, 6.07) is 6.10. The van der Waals surface area contributed by atoms with Gasteiger partial charge in [-0.05, 0) is 35.8 Å². The number of hydrogen-bond acceptors (Lipinski definition) is 1. The fourth-order valence-corrected chi connectivity index (χ4v) is 1.85. The SMILES string of the molecule is CC(C)Cc1cccc(CC(C)C)c1O. The van der Waals surface area contributed by atoms with Crippen LogP contribution < -0.4 is 0 Å². The number of benzene rings is 1. The highest BCUT2D eigenvalue weighted by molar-refractivity contribution is 5.40. The maximum Gasteiger partial charge on any atom is 0.121 e. The van der Waals surface area contributed by atoms with Gasteiger partial charge in [-0.15, -0.1) is 0 Å². The van der Waals surface area contributed by atoms with Crippen LogP contribution in [0.4, 0.5) is 0 Å². The highest BCUT2D eigenvalue weighted by atomic mass is 16.3. The van der Waals surface area contributed by atoms with Crippen LogP contribution in [-0.2, 0) is 12.8 Å². The first-order valence-corrected chi connectivity index (χ1v) is 5.80. The number of para-hydroxylation sites is 1. The van der Waals surface area contributed by atoms with Gasteiger partial charge in [-0.3, -0.25) is 0 Å². The molecule has 0 heterocycles. The molecule has 84 valence electrons. The zero-order valence-electron chi connectivity index (χ0n) is 10.2. The Morgan fingerprint density at radius 3 is 1.67 bits per heavy atom. The first-order chi connectivity index (χ1) is 7.00. The monoisotopic (exact) mass is 206 g/mol. The van der Waals surface area contributed by atoms with E-state index in [9.17, 15) is 5.11 Å². The van der Waals surface area contributed by atoms with Crippen LogP contribution in [0.1, 0.15) is 38.8 Å². The standard InChI is InChI=1S/C14H22O/c1-10(2)8-12-6-5-7-13(14(12)15)9-11(3)4/h5-7,10-11,15H,8-9H2,1-4H3. The zero-order valence-corrected chi connectivity index (χ0v) is 10.2. The van der Waals surface area contributed by atoms with Gasteiger partial charge in [0.1, 0.15) is 5.75 Å². The predicted octanol–water partition coefficient (Wildman–Crippen LogP) is 3.79. The molecule has 1 nitrogen and oxygen atoms in total. The van der Waals surface area contributed by atoms with Gasteiger partial charge >= 0.3 is 0 Å². The van der Waals surface area contributed by atoms with E-state index < -0.39 is 0 Å². The lowest BCUT2D eigenvalue weighted by Gasteiger charge is -2.12. The topological polar surface area (TPSA) is 20.2 Å². The summed E-state index contributed by atoms with van der Waals surface area (Å²) in [5.41, 5.74) is 2.17. The molecule has 0 aromatic heterocycles. The Balaban J connectivity index is 2.90. The van der Waals surface area contributed by atoms with Crippen LogP contribution in [0.5, 0.6) is 5.75 Å². The maximum atomic E-state index is 10.1. The van der Waals surface area contributed by atoms with Crippen molar-refractivity contribution in [3.63, 3.8) is 0 Å². The molecule has 0 aliphatic heterocycles. The Labute approximate surface area is 93.1 Å². The molecule has 0 aliphatic carbocycles. The molecular weight excluding hydrogens is 184 g/mol. The molecule has 1 aromatic rings. The average molecular weight is 206 g/mol. The molecule has 15 heavy (non-hydrogen) atoms. The number of phenols is 1. The number of hydrogen-bond donors (Lipinski definition) is 1. The Kier molecular flexibility index (Phi) is 4.19. The molecule has 1 aromatic carbocycles. The van der Waals surface area contributed by atoms with Crippen LogP contribution in [0, 0.1) is 11.8 Å². The van der Waals surface area contributed by atoms with Crippen LogP contribution in [0.3, 0.4) is 0 Å². The van der Waals surface area contributed by atoms with Crippen LogP contribution >= 0.6 is 0 Å². The van der Waals surface area contributed by atoms with Crippen molar-refractivity contribution in [3.05, 3.63) is 29.3 Å². The third-order valence-corrected chi connectivity index (χ3v) is 2.46. The molecule has 0 unspecified atom stereocenters. The molecule has 0 aliphatic rings. The van der Waals surface area contributed by atoms with E-state index in [4.69, 9.17) is 0 Å². The minimum Gasteiger partial charge on any atom is -0.507 e. The van der Waals surface area contributed by atoms with Gasteiger partial charge in [-0.2, -0.15) is 0 Å². The second kappa shape index (κ2) is 5.20. The van der Waals surface area contributed by atoms with E-state index >= 15 is 0 Å². The van der Waals surface area contributed by atoms with Crippen LogP contribution in [0.2, 0.25) is 0 Å². The Bertz CT molecular complexity index is 285. The molecule has 0 saturated heterocycles. The summed E-state index contributed by atoms with van der Waals surface area (Å²) in [6.07, 6.45) is 1.91. The lowest BCUT2D eigenvalue weighted by molar-refractivity contribution is 0.450. The molecule has 1 heteroatoms. The van der Waals surface area contributed by atoms with E-state index in [2.05, 4.69) is 33.8 Å². The van der Waals surface area contributed by atoms with Crippen LogP contribution in [-0.4, -0.2) is 5.11 Å². The first-order valence-electron chi connectivity index (χ1n) is 5.80. The second-order valence-corrected chi connectivity index (χ2v) is 5.12. The van der Waals surface area contributed by atoms with Crippen molar-refractivity contribution in [2.75, 3.05) is 0 Å². The van der Waals surface area contributed by atoms with Crippen molar-refractivity contribution in [2.24, 2.45) is 11.8 Å². The Hall–Kier alpha value is -0.980. The summed E-state index contributed by atoms with van der Waals surface area (Å²) in [4.78, 5) is 0. The molecule has 0 saturated carbocycles. The molecule has 1 rings (SSSR count). The molecule has 0 radical (unpaired) electrons. The van der Waals surface area contributed by atoms with Crippen molar-refractivity contribution in [1.29, 1.82) is 0 Å². The smallest absolute Gasteiger partial charge is 0.121 e. The lowest BCUT2D eigenvalue weighted by atomic mass is 9.95. The maximum absolute atomic E-state index is 10.1. The Morgan fingerprint density at radius 1 is 0.933 bits per heavy atom. The predicted molar refractivity (Wildman–Crippen MR) is 65.2 cm³/mol. The quantitative estimate of drug-likeness (QED) is 0.794. The first kappa shape index (κ1) is 12.1. The van der Waals surface area contributed by atoms with Crippen molar-refractivity contribution >= 4 is 0 Å². The normalized spacial score (nSPS) is 11.3. The molecule has 0 fully saturated rings. The third-order valence-electron chi connectivity index (χ3n) is 2.46. The summed E-state index contributed by atoms with van der Waals surface area (Å²) in [6.45, 7) is 8.70. The zero-order chi connectivity index (χ0) is 11.4. The minimum atomic E-state index is 0.514. The molecule has 0 atom stereocenters. The van der Waals surface area contributed by atoms with E-state index in [-0.39, 0.29) is 0 Å². The van der Waals surface area contributed by atoms with Crippen molar-refractivity contribution in [1.82, 2.24) is 0 Å². The van der Waals surface area contributed by atoms with E-state index in [0.717, 1.165) is 24.0 Å². The van der Waals surface area contributed by atoms with Crippen molar-refractivity contribution < 1.29 is 5.11 Å². The Morgan fingerprint density at radius 2 is 1.33 bits per heavy atom. The lowest BCUT2D eigenvalue weighted by Crippen LogP contribution is -1.99. The molecule has 0 bridgehead atoms. The highest BCUT2D eigenvalue weighted by Crippen LogP contribution is 2.26. The van der Waals surface area contributed by atoms with E-state index in [1.165, 1.54) is 0 Å². The van der Waals surface area contributed by atoms with E-state index in [0.29, 0.717) is 17.6 Å². The summed E-state index contributed by atoms with van der Waals surface area (Å²) in [7, 11) is 0. The molecule has 0 spiro atoms. The van der Waals surface area contributed by atoms with Crippen molar-refractivity contribution in [2.45, 2.75) is 40.5 Å². The third kappa shape index (κ3) is 3.58. The van der Waals surface area contributed by atoms with E-state index in [1.54, 1.807) is 0 Å². The summed E-state index contributed by atoms with van der Waals surface area (Å²) in [5, 5.41) is 10.1. The summed E-state index contributed by atoms with van der Waals surface area (Å²) >= 11 is 0. The van der Waals surface area contributed by atoms with Gasteiger partial charge in [-0.1, -0.05) is 45.9 Å². The van der Waals surface area contributed by atoms with Gasteiger partial charge in [0.15, 0.2) is 0 Å². The fraction of sp³-hybridized carbons (Fsp3) is 0.571.